The van der Waals surface area contributed by atoms with Crippen molar-refractivity contribution in [2.24, 2.45) is 63.6 Å². The van der Waals surface area contributed by atoms with E-state index in [2.05, 4.69) is 41.5 Å². The van der Waals surface area contributed by atoms with Crippen LogP contribution >= 0.6 is 0 Å². The molecule has 0 aliphatic heterocycles. The lowest BCUT2D eigenvalue weighted by Crippen LogP contribution is -2.57. The summed E-state index contributed by atoms with van der Waals surface area (Å²) in [6.07, 6.45) is 9.94. The molecule has 0 heterocycles. The average Bonchev–Trinajstić information content (AvgIpc) is 3.28. The monoisotopic (exact) mass is 446 g/mol. The van der Waals surface area contributed by atoms with Gasteiger partial charge in [0.2, 0.25) is 0 Å². The normalized spacial score (nSPS) is 53.1. The molecule has 0 aromatic rings. The summed E-state index contributed by atoms with van der Waals surface area (Å²) in [6.45, 7) is 13.8. The third-order valence-corrected chi connectivity index (χ3v) is 13.0. The van der Waals surface area contributed by atoms with Gasteiger partial charge in [-0.15, -0.1) is 0 Å². The first kappa shape index (κ1) is 23.6. The third kappa shape index (κ3) is 2.89. The number of fused-ring (bicyclic) bond motifs is 4. The maximum absolute atomic E-state index is 11.2. The third-order valence-electron chi connectivity index (χ3n) is 13.0. The summed E-state index contributed by atoms with van der Waals surface area (Å²) in [4.78, 5) is 0. The van der Waals surface area contributed by atoms with E-state index < -0.39 is 12.2 Å². The maximum atomic E-state index is 11.2. The molecule has 0 bridgehead atoms. The van der Waals surface area contributed by atoms with Gasteiger partial charge in [0.1, 0.15) is 0 Å². The molecule has 3 heteroatoms. The van der Waals surface area contributed by atoms with Gasteiger partial charge in [0.25, 0.3) is 0 Å². The summed E-state index contributed by atoms with van der Waals surface area (Å²) in [6, 6.07) is 0. The van der Waals surface area contributed by atoms with Crippen LogP contribution in [0.2, 0.25) is 0 Å². The van der Waals surface area contributed by atoms with Crippen LogP contribution < -0.4 is 0 Å². The van der Waals surface area contributed by atoms with Crippen LogP contribution in [0, 0.1) is 63.6 Å². The van der Waals surface area contributed by atoms with Gasteiger partial charge in [-0.3, -0.25) is 0 Å². The smallest absolute Gasteiger partial charge is 0.0830 e. The number of hydrogen-bond donors (Lipinski definition) is 2. The van der Waals surface area contributed by atoms with E-state index in [0.717, 1.165) is 23.7 Å². The Morgan fingerprint density at radius 2 is 1.59 bits per heavy atom. The van der Waals surface area contributed by atoms with Gasteiger partial charge in [0, 0.05) is 12.5 Å². The molecule has 0 unspecified atom stereocenters. The average molecular weight is 447 g/mol. The Kier molecular flexibility index (Phi) is 5.67. The summed E-state index contributed by atoms with van der Waals surface area (Å²) in [5, 5.41) is 22.1. The van der Waals surface area contributed by atoms with Crippen molar-refractivity contribution in [3.8, 4) is 0 Å². The van der Waals surface area contributed by atoms with Gasteiger partial charge < -0.3 is 14.9 Å². The fourth-order valence-electron chi connectivity index (χ4n) is 10.7. The summed E-state index contributed by atoms with van der Waals surface area (Å²) in [5.41, 5.74) is 1.27. The van der Waals surface area contributed by atoms with Crippen molar-refractivity contribution in [3.63, 3.8) is 0 Å². The zero-order valence-electron chi connectivity index (χ0n) is 21.8. The molecule has 5 saturated carbocycles. The largest absolute Gasteiger partial charge is 0.390 e. The standard InChI is InChI=1S/C29H50O3/c1-16(2)17(3)25(30)26(31)18(4)21-8-9-22-20-14-24(32-7)29-15-19(29)10-13-28(29,6)23(20)11-12-27(21,22)5/h16-26,30-31H,8-15H2,1-7H3/t17-,18-,19+,20-,21+,22-,23-,24+,25-,26+,27+,28+,29-/m0/s1. The molecule has 2 N–H and O–H groups in total. The highest BCUT2D eigenvalue weighted by Crippen LogP contribution is 2.82. The van der Waals surface area contributed by atoms with E-state index in [9.17, 15) is 10.2 Å². The molecule has 5 rings (SSSR count). The van der Waals surface area contributed by atoms with Gasteiger partial charge >= 0.3 is 0 Å². The zero-order valence-corrected chi connectivity index (χ0v) is 21.8. The molecule has 0 saturated heterocycles. The molecular formula is C29H50O3. The zero-order chi connectivity index (χ0) is 23.2. The summed E-state index contributed by atoms with van der Waals surface area (Å²) < 4.78 is 6.27. The summed E-state index contributed by atoms with van der Waals surface area (Å²) in [5.74, 6) is 4.51. The molecule has 5 aliphatic carbocycles. The minimum absolute atomic E-state index is 0.124. The van der Waals surface area contributed by atoms with Crippen molar-refractivity contribution in [2.45, 2.75) is 111 Å². The first-order valence-corrected chi connectivity index (χ1v) is 13.9. The molecule has 13 atom stereocenters. The Morgan fingerprint density at radius 3 is 2.22 bits per heavy atom. The molecule has 0 aromatic heterocycles. The van der Waals surface area contributed by atoms with E-state index in [1.807, 2.05) is 7.11 Å². The first-order valence-electron chi connectivity index (χ1n) is 13.9. The van der Waals surface area contributed by atoms with Crippen molar-refractivity contribution in [1.29, 1.82) is 0 Å². The SMILES string of the molecule is CO[C@@H]1C[C@H]2[C@@H]3CC[C@H]([C@H](C)[C@@H](O)[C@@H](O)[C@@H](C)C(C)C)[C@@]3(C)CC[C@@H]2[C@@]2(C)CC[C@@H]3C[C@]312. The Balaban J connectivity index is 1.38. The number of methoxy groups -OCH3 is 1. The van der Waals surface area contributed by atoms with Crippen LogP contribution in [0.3, 0.4) is 0 Å². The minimum atomic E-state index is -0.624. The van der Waals surface area contributed by atoms with E-state index in [0.29, 0.717) is 34.2 Å². The Morgan fingerprint density at radius 1 is 0.875 bits per heavy atom. The molecule has 5 aliphatic rings. The second-order valence-electron chi connectivity index (χ2n) is 13.9. The number of ether oxygens (including phenoxy) is 1. The lowest BCUT2D eigenvalue weighted by molar-refractivity contribution is -0.164. The Labute approximate surface area is 197 Å². The fourth-order valence-corrected chi connectivity index (χ4v) is 10.7. The van der Waals surface area contributed by atoms with Gasteiger partial charge in [0.15, 0.2) is 0 Å². The summed E-state index contributed by atoms with van der Waals surface area (Å²) in [7, 11) is 1.98. The molecule has 3 nitrogen and oxygen atoms in total. The van der Waals surface area contributed by atoms with Crippen molar-refractivity contribution in [3.05, 3.63) is 0 Å². The maximum Gasteiger partial charge on any atom is 0.0830 e. The number of hydrogen-bond acceptors (Lipinski definition) is 3. The summed E-state index contributed by atoms with van der Waals surface area (Å²) >= 11 is 0. The molecular weight excluding hydrogens is 396 g/mol. The lowest BCUT2D eigenvalue weighted by Gasteiger charge is -2.61. The van der Waals surface area contributed by atoms with Gasteiger partial charge in [0.05, 0.1) is 18.3 Å². The molecule has 1 spiro atoms. The molecule has 5 fully saturated rings. The van der Waals surface area contributed by atoms with Crippen LogP contribution in [-0.4, -0.2) is 35.6 Å². The van der Waals surface area contributed by atoms with Gasteiger partial charge in [-0.25, -0.2) is 0 Å². The van der Waals surface area contributed by atoms with E-state index in [1.165, 1.54) is 51.4 Å². The first-order chi connectivity index (χ1) is 15.0. The van der Waals surface area contributed by atoms with E-state index in [4.69, 9.17) is 4.74 Å². The van der Waals surface area contributed by atoms with Crippen LogP contribution in [0.5, 0.6) is 0 Å². The van der Waals surface area contributed by atoms with Gasteiger partial charge in [-0.1, -0.05) is 41.5 Å². The lowest BCUT2D eigenvalue weighted by atomic mass is 9.45. The molecule has 32 heavy (non-hydrogen) atoms. The van der Waals surface area contributed by atoms with Crippen molar-refractivity contribution in [1.82, 2.24) is 0 Å². The van der Waals surface area contributed by atoms with Gasteiger partial charge in [-0.05, 0) is 110 Å². The highest BCUT2D eigenvalue weighted by molar-refractivity contribution is 5.26. The fraction of sp³-hybridized carbons (Fsp3) is 1.00. The highest BCUT2D eigenvalue weighted by atomic mass is 16.5. The van der Waals surface area contributed by atoms with Crippen molar-refractivity contribution < 1.29 is 14.9 Å². The van der Waals surface area contributed by atoms with Crippen LogP contribution in [0.4, 0.5) is 0 Å². The predicted molar refractivity (Wildman–Crippen MR) is 129 cm³/mol. The van der Waals surface area contributed by atoms with Crippen LogP contribution in [0.15, 0.2) is 0 Å². The quantitative estimate of drug-likeness (QED) is 0.532. The van der Waals surface area contributed by atoms with Crippen LogP contribution in [-0.2, 0) is 4.74 Å². The molecule has 0 amide bonds. The predicted octanol–water partition coefficient (Wildman–Crippen LogP) is 5.92. The topological polar surface area (TPSA) is 49.7 Å². The van der Waals surface area contributed by atoms with E-state index >= 15 is 0 Å². The minimum Gasteiger partial charge on any atom is -0.390 e. The van der Waals surface area contributed by atoms with Crippen LogP contribution in [0.25, 0.3) is 0 Å². The second kappa shape index (κ2) is 7.69. The van der Waals surface area contributed by atoms with E-state index in [-0.39, 0.29) is 11.8 Å². The molecule has 0 aromatic carbocycles. The van der Waals surface area contributed by atoms with Crippen molar-refractivity contribution >= 4 is 0 Å². The number of aliphatic hydroxyl groups excluding tert-OH is 2. The van der Waals surface area contributed by atoms with Gasteiger partial charge in [-0.2, -0.15) is 0 Å². The highest BCUT2D eigenvalue weighted by Gasteiger charge is 2.77. The van der Waals surface area contributed by atoms with E-state index in [1.54, 1.807) is 0 Å². The Hall–Kier alpha value is -0.120. The van der Waals surface area contributed by atoms with Crippen molar-refractivity contribution in [2.75, 3.05) is 7.11 Å². The molecule has 184 valence electrons. The molecule has 0 radical (unpaired) electrons. The Bertz CT molecular complexity index is 721. The van der Waals surface area contributed by atoms with Crippen LogP contribution in [0.1, 0.15) is 92.9 Å². The second-order valence-corrected chi connectivity index (χ2v) is 13.9. The number of aliphatic hydroxyl groups is 2. The number of rotatable bonds is 6.